The van der Waals surface area contributed by atoms with Gasteiger partial charge in [0, 0.05) is 12.1 Å². The van der Waals surface area contributed by atoms with Gasteiger partial charge in [-0.15, -0.1) is 0 Å². The lowest BCUT2D eigenvalue weighted by Crippen LogP contribution is -2.06. The SMILES string of the molecule is CCCOc1ccccc1C(=O)CCc1cccc(N)c1. The Morgan fingerprint density at radius 3 is 2.71 bits per heavy atom. The van der Waals surface area contributed by atoms with E-state index in [9.17, 15) is 4.79 Å². The summed E-state index contributed by atoms with van der Waals surface area (Å²) in [6.45, 7) is 2.67. The number of carbonyl (C=O) groups is 1. The number of ketones is 1. The third-order valence-corrected chi connectivity index (χ3v) is 3.24. The number of benzene rings is 2. The fourth-order valence-corrected chi connectivity index (χ4v) is 2.18. The van der Waals surface area contributed by atoms with Crippen molar-refractivity contribution in [3.63, 3.8) is 0 Å². The standard InChI is InChI=1S/C18H21NO2/c1-2-12-21-18-9-4-3-8-16(18)17(20)11-10-14-6-5-7-15(19)13-14/h3-9,13H,2,10-12,19H2,1H3. The zero-order valence-corrected chi connectivity index (χ0v) is 12.3. The lowest BCUT2D eigenvalue weighted by atomic mass is 10.0. The van der Waals surface area contributed by atoms with E-state index in [1.807, 2.05) is 55.5 Å². The average Bonchev–Trinajstić information content (AvgIpc) is 2.51. The summed E-state index contributed by atoms with van der Waals surface area (Å²) < 4.78 is 5.64. The van der Waals surface area contributed by atoms with Crippen LogP contribution in [0.2, 0.25) is 0 Å². The lowest BCUT2D eigenvalue weighted by Gasteiger charge is -2.10. The number of para-hydroxylation sites is 1. The molecule has 0 radical (unpaired) electrons. The van der Waals surface area contributed by atoms with Crippen LogP contribution >= 0.6 is 0 Å². The summed E-state index contributed by atoms with van der Waals surface area (Å²) in [7, 11) is 0. The summed E-state index contributed by atoms with van der Waals surface area (Å²) in [5.41, 5.74) is 8.22. The quantitative estimate of drug-likeness (QED) is 0.620. The van der Waals surface area contributed by atoms with Gasteiger partial charge < -0.3 is 10.5 Å². The van der Waals surface area contributed by atoms with Gasteiger partial charge in [0.05, 0.1) is 12.2 Å². The number of anilines is 1. The summed E-state index contributed by atoms with van der Waals surface area (Å²) in [6.07, 6.45) is 2.06. The van der Waals surface area contributed by atoms with Gasteiger partial charge in [-0.1, -0.05) is 31.2 Å². The lowest BCUT2D eigenvalue weighted by molar-refractivity contribution is 0.0979. The maximum Gasteiger partial charge on any atom is 0.166 e. The minimum Gasteiger partial charge on any atom is -0.493 e. The molecule has 110 valence electrons. The van der Waals surface area contributed by atoms with Gasteiger partial charge in [0.1, 0.15) is 5.75 Å². The molecule has 2 rings (SSSR count). The van der Waals surface area contributed by atoms with Crippen molar-refractivity contribution in [2.45, 2.75) is 26.2 Å². The van der Waals surface area contributed by atoms with Crippen molar-refractivity contribution < 1.29 is 9.53 Å². The maximum atomic E-state index is 12.4. The number of ether oxygens (including phenoxy) is 1. The van der Waals surface area contributed by atoms with Crippen molar-refractivity contribution in [2.24, 2.45) is 0 Å². The van der Waals surface area contributed by atoms with Crippen LogP contribution in [-0.4, -0.2) is 12.4 Å². The van der Waals surface area contributed by atoms with Gasteiger partial charge in [0.15, 0.2) is 5.78 Å². The molecule has 0 aliphatic heterocycles. The zero-order valence-electron chi connectivity index (χ0n) is 12.3. The minimum absolute atomic E-state index is 0.101. The minimum atomic E-state index is 0.101. The topological polar surface area (TPSA) is 52.3 Å². The summed E-state index contributed by atoms with van der Waals surface area (Å²) in [5.74, 6) is 0.779. The smallest absolute Gasteiger partial charge is 0.166 e. The number of rotatable bonds is 7. The third-order valence-electron chi connectivity index (χ3n) is 3.24. The van der Waals surface area contributed by atoms with Gasteiger partial charge >= 0.3 is 0 Å². The van der Waals surface area contributed by atoms with Crippen LogP contribution in [0, 0.1) is 0 Å². The van der Waals surface area contributed by atoms with Crippen LogP contribution in [0.5, 0.6) is 5.75 Å². The zero-order chi connectivity index (χ0) is 15.1. The summed E-state index contributed by atoms with van der Waals surface area (Å²) >= 11 is 0. The molecule has 2 N–H and O–H groups in total. The summed E-state index contributed by atoms with van der Waals surface area (Å²) in [6, 6.07) is 15.1. The third kappa shape index (κ3) is 4.35. The van der Waals surface area contributed by atoms with Crippen molar-refractivity contribution in [3.05, 3.63) is 59.7 Å². The first kappa shape index (κ1) is 15.1. The van der Waals surface area contributed by atoms with E-state index >= 15 is 0 Å². The number of aryl methyl sites for hydroxylation is 1. The highest BCUT2D eigenvalue weighted by Crippen LogP contribution is 2.21. The van der Waals surface area contributed by atoms with Gasteiger partial charge in [-0.05, 0) is 42.7 Å². The molecule has 0 saturated heterocycles. The molecule has 0 fully saturated rings. The number of carbonyl (C=O) groups excluding carboxylic acids is 1. The molecule has 0 aliphatic carbocycles. The highest BCUT2D eigenvalue weighted by molar-refractivity contribution is 5.98. The predicted molar refractivity (Wildman–Crippen MR) is 85.7 cm³/mol. The molecule has 0 amide bonds. The fraction of sp³-hybridized carbons (Fsp3) is 0.278. The van der Waals surface area contributed by atoms with Crippen LogP contribution in [-0.2, 0) is 6.42 Å². The van der Waals surface area contributed by atoms with Crippen molar-refractivity contribution in [2.75, 3.05) is 12.3 Å². The van der Waals surface area contributed by atoms with Crippen LogP contribution in [0.25, 0.3) is 0 Å². The Morgan fingerprint density at radius 1 is 1.14 bits per heavy atom. The van der Waals surface area contributed by atoms with Crippen molar-refractivity contribution in [1.82, 2.24) is 0 Å². The second-order valence-electron chi connectivity index (χ2n) is 5.01. The van der Waals surface area contributed by atoms with Crippen molar-refractivity contribution in [3.8, 4) is 5.75 Å². The predicted octanol–water partition coefficient (Wildman–Crippen LogP) is 3.87. The molecule has 0 spiro atoms. The van der Waals surface area contributed by atoms with Gasteiger partial charge in [-0.25, -0.2) is 0 Å². The summed E-state index contributed by atoms with van der Waals surface area (Å²) in [5, 5.41) is 0. The second-order valence-corrected chi connectivity index (χ2v) is 5.01. The molecule has 0 heterocycles. The van der Waals surface area contributed by atoms with Crippen LogP contribution in [0.15, 0.2) is 48.5 Å². The number of Topliss-reactive ketones (excluding diaryl/α,β-unsaturated/α-hetero) is 1. The van der Waals surface area contributed by atoms with Crippen molar-refractivity contribution >= 4 is 11.5 Å². The highest BCUT2D eigenvalue weighted by atomic mass is 16.5. The fourth-order valence-electron chi connectivity index (χ4n) is 2.18. The van der Waals surface area contributed by atoms with Gasteiger partial charge in [-0.2, -0.15) is 0 Å². The van der Waals surface area contributed by atoms with Crippen molar-refractivity contribution in [1.29, 1.82) is 0 Å². The van der Waals surface area contributed by atoms with E-state index < -0.39 is 0 Å². The second kappa shape index (κ2) is 7.48. The Balaban J connectivity index is 2.03. The maximum absolute atomic E-state index is 12.4. The molecule has 3 nitrogen and oxygen atoms in total. The van der Waals surface area contributed by atoms with E-state index in [4.69, 9.17) is 10.5 Å². The molecule has 3 heteroatoms. The van der Waals surface area contributed by atoms with E-state index in [0.717, 1.165) is 17.7 Å². The molecule has 21 heavy (non-hydrogen) atoms. The molecule has 0 unspecified atom stereocenters. The van der Waals surface area contributed by atoms with E-state index in [1.165, 1.54) is 0 Å². The van der Waals surface area contributed by atoms with Crippen LogP contribution < -0.4 is 10.5 Å². The Hall–Kier alpha value is -2.29. The number of nitrogens with two attached hydrogens (primary N) is 1. The first-order chi connectivity index (χ1) is 10.2. The van der Waals surface area contributed by atoms with Crippen LogP contribution in [0.4, 0.5) is 5.69 Å². The molecule has 0 atom stereocenters. The number of nitrogen functional groups attached to an aromatic ring is 1. The first-order valence-electron chi connectivity index (χ1n) is 7.30. The number of hydrogen-bond donors (Lipinski definition) is 1. The molecule has 0 aromatic heterocycles. The number of hydrogen-bond acceptors (Lipinski definition) is 3. The molecule has 0 aliphatic rings. The van der Waals surface area contributed by atoms with Gasteiger partial charge in [0.2, 0.25) is 0 Å². The Labute approximate surface area is 125 Å². The normalized spacial score (nSPS) is 10.3. The van der Waals surface area contributed by atoms with Crippen LogP contribution in [0.1, 0.15) is 35.7 Å². The molecule has 0 saturated carbocycles. The van der Waals surface area contributed by atoms with Gasteiger partial charge in [-0.3, -0.25) is 4.79 Å². The van der Waals surface area contributed by atoms with Crippen LogP contribution in [0.3, 0.4) is 0 Å². The average molecular weight is 283 g/mol. The summed E-state index contributed by atoms with van der Waals surface area (Å²) in [4.78, 5) is 12.4. The molecular weight excluding hydrogens is 262 g/mol. The van der Waals surface area contributed by atoms with E-state index in [-0.39, 0.29) is 5.78 Å². The molecule has 0 bridgehead atoms. The first-order valence-corrected chi connectivity index (χ1v) is 7.30. The monoisotopic (exact) mass is 283 g/mol. The molecule has 2 aromatic carbocycles. The van der Waals surface area contributed by atoms with E-state index in [1.54, 1.807) is 0 Å². The largest absolute Gasteiger partial charge is 0.493 e. The van der Waals surface area contributed by atoms with E-state index in [2.05, 4.69) is 0 Å². The van der Waals surface area contributed by atoms with Gasteiger partial charge in [0.25, 0.3) is 0 Å². The van der Waals surface area contributed by atoms with E-state index in [0.29, 0.717) is 30.8 Å². The molecule has 2 aromatic rings. The Morgan fingerprint density at radius 2 is 1.95 bits per heavy atom. The Bertz CT molecular complexity index is 608. The highest BCUT2D eigenvalue weighted by Gasteiger charge is 2.12. The Kier molecular flexibility index (Phi) is 5.38. The molecular formula is C18H21NO2.